The fraction of sp³-hybridized carbons (Fsp3) is 0.0625. The van der Waals surface area contributed by atoms with Gasteiger partial charge in [-0.3, -0.25) is 0 Å². The van der Waals surface area contributed by atoms with Gasteiger partial charge >= 0.3 is 0 Å². The molecule has 2 aromatic carbocycles. The van der Waals surface area contributed by atoms with Crippen LogP contribution in [0.3, 0.4) is 0 Å². The molecular formula is C16H13ClN2O. The third-order valence-electron chi connectivity index (χ3n) is 3.05. The lowest BCUT2D eigenvalue weighted by atomic mass is 10.2. The van der Waals surface area contributed by atoms with Gasteiger partial charge in [-0.15, -0.1) is 0 Å². The molecule has 0 bridgehead atoms. The summed E-state index contributed by atoms with van der Waals surface area (Å²) in [6.45, 7) is 1.97. The lowest BCUT2D eigenvalue weighted by molar-refractivity contribution is 0.461. The third-order valence-corrected chi connectivity index (χ3v) is 3.38. The van der Waals surface area contributed by atoms with Crippen LogP contribution in [0, 0.1) is 6.92 Å². The second kappa shape index (κ2) is 5.02. The number of hydrogen-bond acceptors (Lipinski definition) is 3. The SMILES string of the molecule is Cc1cc2ccccc2nc1Oc1ccc(N)c(Cl)c1. The van der Waals surface area contributed by atoms with Crippen molar-refractivity contribution in [3.8, 4) is 11.6 Å². The molecule has 0 aliphatic rings. The normalized spacial score (nSPS) is 10.7. The lowest BCUT2D eigenvalue weighted by Crippen LogP contribution is -1.93. The first-order valence-electron chi connectivity index (χ1n) is 6.23. The zero-order valence-corrected chi connectivity index (χ0v) is 11.7. The summed E-state index contributed by atoms with van der Waals surface area (Å²) in [5.41, 5.74) is 8.08. The van der Waals surface area contributed by atoms with Crippen LogP contribution in [0.5, 0.6) is 11.6 Å². The molecule has 0 unspecified atom stereocenters. The van der Waals surface area contributed by atoms with Gasteiger partial charge < -0.3 is 10.5 Å². The third kappa shape index (κ3) is 2.40. The van der Waals surface area contributed by atoms with E-state index in [0.717, 1.165) is 16.5 Å². The van der Waals surface area contributed by atoms with Gasteiger partial charge in [-0.2, -0.15) is 0 Å². The van der Waals surface area contributed by atoms with Crippen LogP contribution in [0.2, 0.25) is 5.02 Å². The van der Waals surface area contributed by atoms with Gasteiger partial charge in [-0.25, -0.2) is 4.98 Å². The second-order valence-electron chi connectivity index (χ2n) is 4.59. The molecule has 0 aliphatic carbocycles. The topological polar surface area (TPSA) is 48.1 Å². The fourth-order valence-electron chi connectivity index (χ4n) is 1.99. The number of halogens is 1. The number of para-hydroxylation sites is 1. The van der Waals surface area contributed by atoms with E-state index in [4.69, 9.17) is 22.1 Å². The highest BCUT2D eigenvalue weighted by Gasteiger charge is 2.07. The Morgan fingerprint density at radius 3 is 2.70 bits per heavy atom. The number of nitrogens with two attached hydrogens (primary N) is 1. The molecule has 1 aromatic heterocycles. The first-order chi connectivity index (χ1) is 9.63. The van der Waals surface area contributed by atoms with Gasteiger partial charge in [0.1, 0.15) is 5.75 Å². The average Bonchev–Trinajstić information content (AvgIpc) is 2.44. The van der Waals surface area contributed by atoms with Crippen molar-refractivity contribution in [2.24, 2.45) is 0 Å². The molecule has 1 heterocycles. The predicted octanol–water partition coefficient (Wildman–Crippen LogP) is 4.57. The molecule has 4 heteroatoms. The van der Waals surface area contributed by atoms with Crippen LogP contribution in [0.15, 0.2) is 48.5 Å². The minimum atomic E-state index is 0.473. The van der Waals surface area contributed by atoms with E-state index in [2.05, 4.69) is 11.1 Å². The fourth-order valence-corrected chi connectivity index (χ4v) is 2.16. The molecule has 3 nitrogen and oxygen atoms in total. The summed E-state index contributed by atoms with van der Waals surface area (Å²) in [4.78, 5) is 4.53. The average molecular weight is 285 g/mol. The van der Waals surface area contributed by atoms with Crippen molar-refractivity contribution in [3.63, 3.8) is 0 Å². The maximum absolute atomic E-state index is 5.99. The van der Waals surface area contributed by atoms with E-state index in [1.54, 1.807) is 18.2 Å². The summed E-state index contributed by atoms with van der Waals surface area (Å²) < 4.78 is 5.80. The molecule has 100 valence electrons. The minimum absolute atomic E-state index is 0.473. The van der Waals surface area contributed by atoms with Crippen molar-refractivity contribution in [1.29, 1.82) is 0 Å². The molecule has 3 rings (SSSR count). The zero-order chi connectivity index (χ0) is 14.1. The van der Waals surface area contributed by atoms with Gasteiger partial charge in [-0.1, -0.05) is 29.8 Å². The highest BCUT2D eigenvalue weighted by atomic mass is 35.5. The van der Waals surface area contributed by atoms with Gasteiger partial charge in [0.15, 0.2) is 0 Å². The highest BCUT2D eigenvalue weighted by molar-refractivity contribution is 6.33. The van der Waals surface area contributed by atoms with E-state index < -0.39 is 0 Å². The van der Waals surface area contributed by atoms with Crippen LogP contribution >= 0.6 is 11.6 Å². The van der Waals surface area contributed by atoms with Crippen molar-refractivity contribution in [2.45, 2.75) is 6.92 Å². The minimum Gasteiger partial charge on any atom is -0.439 e. The van der Waals surface area contributed by atoms with Crippen molar-refractivity contribution < 1.29 is 4.74 Å². The second-order valence-corrected chi connectivity index (χ2v) is 5.00. The van der Waals surface area contributed by atoms with Gasteiger partial charge in [0.25, 0.3) is 0 Å². The number of nitrogen functional groups attached to an aromatic ring is 1. The summed E-state index contributed by atoms with van der Waals surface area (Å²) in [5, 5.41) is 1.56. The highest BCUT2D eigenvalue weighted by Crippen LogP contribution is 2.30. The molecule has 20 heavy (non-hydrogen) atoms. The summed E-state index contributed by atoms with van der Waals surface area (Å²) in [6, 6.07) is 15.2. The maximum atomic E-state index is 5.99. The monoisotopic (exact) mass is 284 g/mol. The van der Waals surface area contributed by atoms with Crippen LogP contribution < -0.4 is 10.5 Å². The van der Waals surface area contributed by atoms with Crippen molar-refractivity contribution >= 4 is 28.2 Å². The maximum Gasteiger partial charge on any atom is 0.222 e. The molecule has 0 saturated heterocycles. The quantitative estimate of drug-likeness (QED) is 0.701. The summed E-state index contributed by atoms with van der Waals surface area (Å²) in [5.74, 6) is 1.19. The molecule has 0 saturated carbocycles. The number of nitrogens with zero attached hydrogens (tertiary/aromatic N) is 1. The molecule has 0 fully saturated rings. The van der Waals surface area contributed by atoms with E-state index in [1.165, 1.54) is 0 Å². The Hall–Kier alpha value is -2.26. The van der Waals surface area contributed by atoms with Crippen molar-refractivity contribution in [3.05, 3.63) is 59.1 Å². The zero-order valence-electron chi connectivity index (χ0n) is 10.9. The molecule has 2 N–H and O–H groups in total. The number of hydrogen-bond donors (Lipinski definition) is 1. The largest absolute Gasteiger partial charge is 0.439 e. The number of aromatic nitrogens is 1. The molecule has 0 aliphatic heterocycles. The molecule has 0 radical (unpaired) electrons. The van der Waals surface area contributed by atoms with Crippen LogP contribution in [-0.4, -0.2) is 4.98 Å². The van der Waals surface area contributed by atoms with Gasteiger partial charge in [0.05, 0.1) is 16.2 Å². The summed E-state index contributed by atoms with van der Waals surface area (Å²) in [6.07, 6.45) is 0. The standard InChI is InChI=1S/C16H13ClN2O/c1-10-8-11-4-2-3-5-15(11)19-16(10)20-12-6-7-14(18)13(17)9-12/h2-9H,18H2,1H3. The van der Waals surface area contributed by atoms with Crippen molar-refractivity contribution in [2.75, 3.05) is 5.73 Å². The Morgan fingerprint density at radius 1 is 1.10 bits per heavy atom. The Bertz CT molecular complexity index is 787. The Labute approximate surface area is 122 Å². The molecular weight excluding hydrogens is 272 g/mol. The van der Waals surface area contributed by atoms with Crippen LogP contribution in [0.1, 0.15) is 5.56 Å². The first kappa shape index (κ1) is 12.8. The van der Waals surface area contributed by atoms with E-state index >= 15 is 0 Å². The number of anilines is 1. The molecule has 0 atom stereocenters. The lowest BCUT2D eigenvalue weighted by Gasteiger charge is -2.10. The molecule has 0 spiro atoms. The Kier molecular flexibility index (Phi) is 3.20. The molecule has 3 aromatic rings. The number of pyridine rings is 1. The number of ether oxygens (including phenoxy) is 1. The Balaban J connectivity index is 2.01. The smallest absolute Gasteiger partial charge is 0.222 e. The first-order valence-corrected chi connectivity index (χ1v) is 6.60. The van der Waals surface area contributed by atoms with E-state index in [-0.39, 0.29) is 0 Å². The number of rotatable bonds is 2. The number of fused-ring (bicyclic) bond motifs is 1. The Morgan fingerprint density at radius 2 is 1.90 bits per heavy atom. The van der Waals surface area contributed by atoms with E-state index in [1.807, 2.05) is 31.2 Å². The number of benzene rings is 2. The van der Waals surface area contributed by atoms with Crippen LogP contribution in [0.25, 0.3) is 10.9 Å². The predicted molar refractivity (Wildman–Crippen MR) is 82.4 cm³/mol. The van der Waals surface area contributed by atoms with E-state index in [0.29, 0.717) is 22.3 Å². The van der Waals surface area contributed by atoms with E-state index in [9.17, 15) is 0 Å². The molecule has 0 amide bonds. The van der Waals surface area contributed by atoms with Gasteiger partial charge in [0.2, 0.25) is 5.88 Å². The number of aryl methyl sites for hydroxylation is 1. The summed E-state index contributed by atoms with van der Waals surface area (Å²) >= 11 is 5.99. The van der Waals surface area contributed by atoms with Crippen molar-refractivity contribution in [1.82, 2.24) is 4.98 Å². The van der Waals surface area contributed by atoms with Crippen LogP contribution in [-0.2, 0) is 0 Å². The summed E-state index contributed by atoms with van der Waals surface area (Å²) in [7, 11) is 0. The van der Waals surface area contributed by atoms with Crippen LogP contribution in [0.4, 0.5) is 5.69 Å². The van der Waals surface area contributed by atoms with Gasteiger partial charge in [0, 0.05) is 17.0 Å². The van der Waals surface area contributed by atoms with Gasteiger partial charge in [-0.05, 0) is 31.2 Å².